The summed E-state index contributed by atoms with van der Waals surface area (Å²) in [5.41, 5.74) is 1.57. The average Bonchev–Trinajstić information content (AvgIpc) is 2.77. The lowest BCUT2D eigenvalue weighted by molar-refractivity contribution is -0.133. The van der Waals surface area contributed by atoms with E-state index < -0.39 is 6.04 Å². The highest BCUT2D eigenvalue weighted by Crippen LogP contribution is 2.18. The van der Waals surface area contributed by atoms with E-state index in [1.165, 1.54) is 5.69 Å². The molecular weight excluding hydrogens is 406 g/mol. The molecular formula is C22H26ClN3O2S. The Kier molecular flexibility index (Phi) is 7.83. The van der Waals surface area contributed by atoms with Crippen molar-refractivity contribution in [2.45, 2.75) is 12.5 Å². The number of halogens is 1. The molecule has 0 unspecified atom stereocenters. The molecule has 0 radical (unpaired) electrons. The van der Waals surface area contributed by atoms with Crippen molar-refractivity contribution >= 4 is 40.9 Å². The summed E-state index contributed by atoms with van der Waals surface area (Å²) >= 11 is 7.81. The highest BCUT2D eigenvalue weighted by Gasteiger charge is 2.29. The molecule has 0 saturated carbocycles. The molecule has 2 amide bonds. The molecule has 1 fully saturated rings. The van der Waals surface area contributed by atoms with E-state index in [4.69, 9.17) is 11.6 Å². The number of hydrogen-bond donors (Lipinski definition) is 1. The number of nitrogens with zero attached hydrogens (tertiary/aromatic N) is 2. The lowest BCUT2D eigenvalue weighted by Gasteiger charge is -2.37. The average molecular weight is 432 g/mol. The van der Waals surface area contributed by atoms with Crippen molar-refractivity contribution in [2.24, 2.45) is 0 Å². The Labute approximate surface area is 181 Å². The van der Waals surface area contributed by atoms with Gasteiger partial charge < -0.3 is 15.1 Å². The van der Waals surface area contributed by atoms with Crippen molar-refractivity contribution in [3.05, 3.63) is 65.2 Å². The van der Waals surface area contributed by atoms with Crippen LogP contribution in [0.1, 0.15) is 16.8 Å². The number of amides is 2. The van der Waals surface area contributed by atoms with E-state index in [0.29, 0.717) is 30.1 Å². The summed E-state index contributed by atoms with van der Waals surface area (Å²) in [6, 6.07) is 16.6. The fourth-order valence-corrected chi connectivity index (χ4v) is 4.11. The molecule has 3 rings (SSSR count). The van der Waals surface area contributed by atoms with Crippen molar-refractivity contribution in [3.8, 4) is 0 Å². The third-order valence-corrected chi connectivity index (χ3v) is 6.02. The maximum absolute atomic E-state index is 13.1. The van der Waals surface area contributed by atoms with Gasteiger partial charge in [0.15, 0.2) is 0 Å². The quantitative estimate of drug-likeness (QED) is 0.728. The zero-order chi connectivity index (χ0) is 20.6. The zero-order valence-electron chi connectivity index (χ0n) is 16.5. The molecule has 2 aromatic rings. The van der Waals surface area contributed by atoms with Gasteiger partial charge in [0, 0.05) is 31.9 Å². The van der Waals surface area contributed by atoms with Crippen LogP contribution in [0.4, 0.5) is 5.69 Å². The third-order valence-electron chi connectivity index (χ3n) is 5.05. The molecule has 0 aromatic heterocycles. The normalized spacial score (nSPS) is 15.1. The molecule has 2 aromatic carbocycles. The van der Waals surface area contributed by atoms with Gasteiger partial charge in [0.25, 0.3) is 5.91 Å². The fourth-order valence-electron chi connectivity index (χ4n) is 3.42. The van der Waals surface area contributed by atoms with E-state index in [-0.39, 0.29) is 11.8 Å². The first-order valence-electron chi connectivity index (χ1n) is 9.73. The molecule has 0 spiro atoms. The van der Waals surface area contributed by atoms with Crippen molar-refractivity contribution in [2.75, 3.05) is 43.1 Å². The highest BCUT2D eigenvalue weighted by atomic mass is 35.5. The highest BCUT2D eigenvalue weighted by molar-refractivity contribution is 7.98. The Morgan fingerprint density at radius 2 is 1.69 bits per heavy atom. The van der Waals surface area contributed by atoms with Crippen LogP contribution < -0.4 is 10.2 Å². The Hall–Kier alpha value is -2.18. The van der Waals surface area contributed by atoms with Crippen LogP contribution in [-0.2, 0) is 4.79 Å². The first-order valence-corrected chi connectivity index (χ1v) is 11.5. The smallest absolute Gasteiger partial charge is 0.253 e. The zero-order valence-corrected chi connectivity index (χ0v) is 18.1. The number of rotatable bonds is 7. The molecule has 1 N–H and O–H groups in total. The van der Waals surface area contributed by atoms with Gasteiger partial charge in [0.05, 0.1) is 10.6 Å². The second kappa shape index (κ2) is 10.6. The molecule has 1 saturated heterocycles. The Morgan fingerprint density at radius 1 is 1.03 bits per heavy atom. The molecule has 7 heteroatoms. The Balaban J connectivity index is 1.63. The number of piperazine rings is 1. The maximum Gasteiger partial charge on any atom is 0.253 e. The van der Waals surface area contributed by atoms with Gasteiger partial charge in [-0.3, -0.25) is 9.59 Å². The van der Waals surface area contributed by atoms with Gasteiger partial charge in [0.2, 0.25) is 5.91 Å². The summed E-state index contributed by atoms with van der Waals surface area (Å²) in [6.45, 7) is 2.85. The van der Waals surface area contributed by atoms with E-state index in [0.717, 1.165) is 18.8 Å². The third kappa shape index (κ3) is 5.67. The maximum atomic E-state index is 13.1. The van der Waals surface area contributed by atoms with Crippen LogP contribution >= 0.6 is 23.4 Å². The van der Waals surface area contributed by atoms with Crippen LogP contribution in [0.3, 0.4) is 0 Å². The largest absolute Gasteiger partial charge is 0.368 e. The van der Waals surface area contributed by atoms with Gasteiger partial charge in [-0.1, -0.05) is 41.9 Å². The van der Waals surface area contributed by atoms with Crippen LogP contribution in [0.5, 0.6) is 0 Å². The monoisotopic (exact) mass is 431 g/mol. The molecule has 154 valence electrons. The second-order valence-electron chi connectivity index (χ2n) is 6.94. The first kappa shape index (κ1) is 21.5. The van der Waals surface area contributed by atoms with E-state index in [2.05, 4.69) is 22.3 Å². The van der Waals surface area contributed by atoms with Gasteiger partial charge in [0.1, 0.15) is 6.04 Å². The van der Waals surface area contributed by atoms with Crippen LogP contribution in [-0.4, -0.2) is 60.9 Å². The fraction of sp³-hybridized carbons (Fsp3) is 0.364. The molecule has 29 heavy (non-hydrogen) atoms. The number of nitrogens with one attached hydrogen (secondary N) is 1. The lowest BCUT2D eigenvalue weighted by atomic mass is 10.1. The van der Waals surface area contributed by atoms with E-state index in [9.17, 15) is 9.59 Å². The Morgan fingerprint density at radius 3 is 2.34 bits per heavy atom. The minimum absolute atomic E-state index is 0.0211. The number of carbonyl (C=O) groups excluding carboxylic acids is 2. The van der Waals surface area contributed by atoms with Crippen molar-refractivity contribution in [3.63, 3.8) is 0 Å². The van der Waals surface area contributed by atoms with E-state index in [1.54, 1.807) is 36.0 Å². The summed E-state index contributed by atoms with van der Waals surface area (Å²) < 4.78 is 0. The Bertz CT molecular complexity index is 826. The molecule has 1 heterocycles. The van der Waals surface area contributed by atoms with Crippen molar-refractivity contribution in [1.29, 1.82) is 0 Å². The van der Waals surface area contributed by atoms with E-state index in [1.807, 2.05) is 29.4 Å². The number of anilines is 1. The molecule has 1 aliphatic rings. The van der Waals surface area contributed by atoms with Crippen molar-refractivity contribution < 1.29 is 9.59 Å². The van der Waals surface area contributed by atoms with Gasteiger partial charge in [-0.15, -0.1) is 0 Å². The summed E-state index contributed by atoms with van der Waals surface area (Å²) in [5, 5.41) is 3.29. The summed E-state index contributed by atoms with van der Waals surface area (Å²) in [5.74, 6) is 0.466. The number of benzene rings is 2. The summed E-state index contributed by atoms with van der Waals surface area (Å²) in [6.07, 6.45) is 2.59. The lowest BCUT2D eigenvalue weighted by Crippen LogP contribution is -2.55. The van der Waals surface area contributed by atoms with Crippen LogP contribution in [0.2, 0.25) is 5.02 Å². The molecule has 1 aliphatic heterocycles. The number of para-hydroxylation sites is 1. The SMILES string of the molecule is CSCC[C@@H](NC(=O)c1ccccc1Cl)C(=O)N1CCN(c2ccccc2)CC1. The van der Waals surface area contributed by atoms with Gasteiger partial charge in [-0.25, -0.2) is 0 Å². The number of thioether (sulfide) groups is 1. The van der Waals surface area contributed by atoms with Crippen molar-refractivity contribution in [1.82, 2.24) is 10.2 Å². The van der Waals surface area contributed by atoms with Gasteiger partial charge in [-0.2, -0.15) is 11.8 Å². The molecule has 1 atom stereocenters. The van der Waals surface area contributed by atoms with E-state index >= 15 is 0 Å². The van der Waals surface area contributed by atoms with Crippen LogP contribution in [0.25, 0.3) is 0 Å². The van der Waals surface area contributed by atoms with Gasteiger partial charge >= 0.3 is 0 Å². The summed E-state index contributed by atoms with van der Waals surface area (Å²) in [4.78, 5) is 30.0. The first-order chi connectivity index (χ1) is 14.1. The number of hydrogen-bond acceptors (Lipinski definition) is 4. The molecule has 0 aliphatic carbocycles. The molecule has 0 bridgehead atoms. The minimum Gasteiger partial charge on any atom is -0.368 e. The second-order valence-corrected chi connectivity index (χ2v) is 8.33. The predicted molar refractivity (Wildman–Crippen MR) is 121 cm³/mol. The standard InChI is InChI=1S/C22H26ClN3O2S/c1-29-16-11-20(24-21(27)18-9-5-6-10-19(18)23)22(28)26-14-12-25(13-15-26)17-7-3-2-4-8-17/h2-10,20H,11-16H2,1H3,(H,24,27)/t20-/m1/s1. The predicted octanol–water partition coefficient (Wildman–Crippen LogP) is 3.54. The van der Waals surface area contributed by atoms with Crippen LogP contribution in [0.15, 0.2) is 54.6 Å². The minimum atomic E-state index is -0.547. The topological polar surface area (TPSA) is 52.7 Å². The van der Waals surface area contributed by atoms with Gasteiger partial charge in [-0.05, 0) is 42.7 Å². The van der Waals surface area contributed by atoms with Crippen LogP contribution in [0, 0.1) is 0 Å². The number of carbonyl (C=O) groups is 2. The molecule has 5 nitrogen and oxygen atoms in total. The summed E-state index contributed by atoms with van der Waals surface area (Å²) in [7, 11) is 0.